The molecular weight excluding hydrogens is 340 g/mol. The maximum absolute atomic E-state index is 9.97. The predicted octanol–water partition coefficient (Wildman–Crippen LogP) is 4.01. The van der Waals surface area contributed by atoms with Gasteiger partial charge in [0.05, 0.1) is 0 Å². The Morgan fingerprint density at radius 3 is 1.77 bits per heavy atom. The molecule has 0 bridgehead atoms. The predicted molar refractivity (Wildman–Crippen MR) is 95.3 cm³/mol. The van der Waals surface area contributed by atoms with E-state index in [2.05, 4.69) is 0 Å². The van der Waals surface area contributed by atoms with Crippen LogP contribution in [0.1, 0.15) is 51.7 Å². The fourth-order valence-corrected chi connectivity index (χ4v) is 2.33. The molecule has 0 saturated heterocycles. The van der Waals surface area contributed by atoms with Crippen LogP contribution in [0.25, 0.3) is 0 Å². The Morgan fingerprint density at radius 2 is 1.27 bits per heavy atom. The van der Waals surface area contributed by atoms with Crippen molar-refractivity contribution in [1.82, 2.24) is 0 Å². The summed E-state index contributed by atoms with van der Waals surface area (Å²) < 4.78 is 0. The lowest BCUT2D eigenvalue weighted by atomic mass is 9.87. The average molecular weight is 364 g/mol. The summed E-state index contributed by atoms with van der Waals surface area (Å²) >= 11 is 0. The van der Waals surface area contributed by atoms with E-state index in [0.717, 1.165) is 0 Å². The van der Waals surface area contributed by atoms with E-state index in [4.69, 9.17) is 9.78 Å². The number of hydrogen-bond donors (Lipinski definition) is 5. The van der Waals surface area contributed by atoms with Gasteiger partial charge in [0.2, 0.25) is 28.7 Å². The van der Waals surface area contributed by atoms with Crippen LogP contribution in [-0.4, -0.2) is 25.5 Å². The Morgan fingerprint density at radius 1 is 0.731 bits per heavy atom. The molecule has 0 aliphatic carbocycles. The molecule has 5 N–H and O–H groups in total. The van der Waals surface area contributed by atoms with Gasteiger partial charge in [0, 0.05) is 5.56 Å². The summed E-state index contributed by atoms with van der Waals surface area (Å²) in [5, 5.41) is 49.5. The van der Waals surface area contributed by atoms with Crippen LogP contribution in [0.5, 0.6) is 40.2 Å². The van der Waals surface area contributed by atoms with Gasteiger partial charge < -0.3 is 25.5 Å². The summed E-state index contributed by atoms with van der Waals surface area (Å²) in [6, 6.07) is 4.23. The molecule has 0 radical (unpaired) electrons. The van der Waals surface area contributed by atoms with Gasteiger partial charge in [0.15, 0.2) is 11.5 Å². The summed E-state index contributed by atoms with van der Waals surface area (Å²) in [5.74, 6) is -3.35. The molecule has 7 heteroatoms. The van der Waals surface area contributed by atoms with E-state index >= 15 is 0 Å². The summed E-state index contributed by atoms with van der Waals surface area (Å²) in [6.07, 6.45) is 0. The van der Waals surface area contributed by atoms with Crippen molar-refractivity contribution in [2.75, 3.05) is 0 Å². The molecule has 0 spiro atoms. The van der Waals surface area contributed by atoms with Crippen LogP contribution >= 0.6 is 0 Å². The highest BCUT2D eigenvalue weighted by atomic mass is 17.2. The molecule has 0 aromatic heterocycles. The van der Waals surface area contributed by atoms with Crippen LogP contribution in [0.4, 0.5) is 0 Å². The van der Waals surface area contributed by atoms with Gasteiger partial charge >= 0.3 is 0 Å². The van der Waals surface area contributed by atoms with Gasteiger partial charge in [-0.1, -0.05) is 34.6 Å². The molecule has 0 aliphatic rings. The zero-order chi connectivity index (χ0) is 19.8. The Kier molecular flexibility index (Phi) is 5.02. The molecule has 2 aromatic carbocycles. The Bertz CT molecular complexity index is 820. The maximum Gasteiger partial charge on any atom is 0.224 e. The van der Waals surface area contributed by atoms with Crippen molar-refractivity contribution in [2.24, 2.45) is 0 Å². The monoisotopic (exact) mass is 364 g/mol. The lowest BCUT2D eigenvalue weighted by Gasteiger charge is -2.21. The van der Waals surface area contributed by atoms with Crippen molar-refractivity contribution in [2.45, 2.75) is 46.0 Å². The van der Waals surface area contributed by atoms with Gasteiger partial charge in [0.1, 0.15) is 0 Å². The van der Waals surface area contributed by atoms with Gasteiger partial charge in [-0.05, 0) is 35.1 Å². The summed E-state index contributed by atoms with van der Waals surface area (Å²) in [7, 11) is 0. The number of rotatable bonds is 4. The molecule has 142 valence electrons. The molecule has 2 aromatic rings. The van der Waals surface area contributed by atoms with E-state index in [9.17, 15) is 25.5 Å². The second-order valence-electron chi connectivity index (χ2n) is 7.42. The fourth-order valence-electron chi connectivity index (χ4n) is 2.33. The van der Waals surface area contributed by atoms with Gasteiger partial charge in [0.25, 0.3) is 0 Å². The molecule has 0 aliphatic heterocycles. The Labute approximate surface area is 151 Å². The number of phenols is 5. The summed E-state index contributed by atoms with van der Waals surface area (Å²) in [4.78, 5) is 10.1. The first-order valence-electron chi connectivity index (χ1n) is 8.12. The van der Waals surface area contributed by atoms with Crippen molar-refractivity contribution < 1.29 is 35.3 Å². The van der Waals surface area contributed by atoms with E-state index in [1.54, 1.807) is 13.8 Å². The first-order chi connectivity index (χ1) is 11.9. The first-order valence-corrected chi connectivity index (χ1v) is 8.12. The molecule has 0 saturated carbocycles. The molecule has 26 heavy (non-hydrogen) atoms. The molecule has 0 heterocycles. The van der Waals surface area contributed by atoms with E-state index in [0.29, 0.717) is 11.1 Å². The third kappa shape index (κ3) is 3.66. The fraction of sp³-hybridized carbons (Fsp3) is 0.368. The average Bonchev–Trinajstić information content (AvgIpc) is 2.54. The van der Waals surface area contributed by atoms with Crippen molar-refractivity contribution in [3.05, 3.63) is 29.3 Å². The maximum atomic E-state index is 9.97. The highest BCUT2D eigenvalue weighted by molar-refractivity contribution is 5.61. The third-order valence-corrected chi connectivity index (χ3v) is 4.01. The minimum atomic E-state index is -0.731. The van der Waals surface area contributed by atoms with Crippen LogP contribution in [0, 0.1) is 0 Å². The summed E-state index contributed by atoms with van der Waals surface area (Å²) in [5.41, 5.74) is 0.703. The zero-order valence-electron chi connectivity index (χ0n) is 15.4. The topological polar surface area (TPSA) is 120 Å². The van der Waals surface area contributed by atoms with E-state index in [1.165, 1.54) is 18.2 Å². The number of aromatic hydroxyl groups is 5. The van der Waals surface area contributed by atoms with E-state index in [1.807, 2.05) is 20.8 Å². The van der Waals surface area contributed by atoms with Crippen LogP contribution in [0.3, 0.4) is 0 Å². The molecule has 2 rings (SSSR count). The van der Waals surface area contributed by atoms with Crippen LogP contribution in [0.15, 0.2) is 18.2 Å². The Hall–Kier alpha value is -2.96. The summed E-state index contributed by atoms with van der Waals surface area (Å²) in [6.45, 7) is 9.33. The molecule has 7 nitrogen and oxygen atoms in total. The van der Waals surface area contributed by atoms with Crippen molar-refractivity contribution in [3.63, 3.8) is 0 Å². The zero-order valence-corrected chi connectivity index (χ0v) is 15.4. The van der Waals surface area contributed by atoms with E-state index in [-0.39, 0.29) is 28.6 Å². The third-order valence-electron chi connectivity index (χ3n) is 4.01. The lowest BCUT2D eigenvalue weighted by molar-refractivity contribution is -0.104. The molecule has 0 amide bonds. The van der Waals surface area contributed by atoms with Crippen molar-refractivity contribution in [1.29, 1.82) is 0 Å². The Balaban J connectivity index is 2.39. The normalized spacial score (nSPS) is 11.6. The number of hydrogen-bond acceptors (Lipinski definition) is 7. The number of phenolic OH excluding ortho intramolecular Hbond substituents is 5. The second kappa shape index (κ2) is 6.74. The highest BCUT2D eigenvalue weighted by Gasteiger charge is 2.23. The van der Waals surface area contributed by atoms with Gasteiger partial charge in [-0.25, -0.2) is 0 Å². The molecular formula is C19H24O7. The van der Waals surface area contributed by atoms with E-state index < -0.39 is 23.0 Å². The quantitative estimate of drug-likeness (QED) is 0.316. The minimum Gasteiger partial charge on any atom is -0.504 e. The first kappa shape index (κ1) is 19.4. The molecule has 0 unspecified atom stereocenters. The smallest absolute Gasteiger partial charge is 0.224 e. The molecule has 0 atom stereocenters. The highest BCUT2D eigenvalue weighted by Crippen LogP contribution is 2.47. The number of benzene rings is 2. The van der Waals surface area contributed by atoms with Gasteiger partial charge in [-0.15, -0.1) is 0 Å². The van der Waals surface area contributed by atoms with Crippen molar-refractivity contribution >= 4 is 0 Å². The van der Waals surface area contributed by atoms with Gasteiger partial charge in [-0.2, -0.15) is 0 Å². The lowest BCUT2D eigenvalue weighted by Crippen LogP contribution is -2.11. The van der Waals surface area contributed by atoms with Crippen LogP contribution in [0.2, 0.25) is 0 Å². The second-order valence-corrected chi connectivity index (χ2v) is 7.42. The van der Waals surface area contributed by atoms with Crippen molar-refractivity contribution in [3.8, 4) is 40.2 Å². The largest absolute Gasteiger partial charge is 0.504 e. The molecule has 0 fully saturated rings. The standard InChI is InChI=1S/C19H24O7/c1-9(2)11-8-14(17(23)18(24)15(11)21)26-25-13-7-10(19(3,4)5)6-12(20)16(13)22/h6-9,20-24H,1-5H3. The van der Waals surface area contributed by atoms with Crippen LogP contribution < -0.4 is 9.78 Å². The minimum absolute atomic E-state index is 0.159. The van der Waals surface area contributed by atoms with Gasteiger partial charge in [-0.3, -0.25) is 9.78 Å². The SMILES string of the molecule is CC(C)c1cc(OOc2cc(C(C)(C)C)cc(O)c2O)c(O)c(O)c1O. The van der Waals surface area contributed by atoms with Crippen LogP contribution in [-0.2, 0) is 5.41 Å².